The van der Waals surface area contributed by atoms with Crippen molar-refractivity contribution in [3.8, 4) is 5.75 Å². The Bertz CT molecular complexity index is 821. The van der Waals surface area contributed by atoms with Gasteiger partial charge in [-0.3, -0.25) is 4.79 Å². The van der Waals surface area contributed by atoms with Crippen LogP contribution in [0.1, 0.15) is 5.56 Å². The van der Waals surface area contributed by atoms with Gasteiger partial charge in [0.15, 0.2) is 6.10 Å². The normalized spacial score (nSPS) is 19.4. The molecule has 2 aromatic rings. The van der Waals surface area contributed by atoms with E-state index in [9.17, 15) is 9.18 Å². The highest BCUT2D eigenvalue weighted by Gasteiger charge is 2.34. The van der Waals surface area contributed by atoms with E-state index < -0.39 is 6.10 Å². The minimum Gasteiger partial charge on any atom is -0.477 e. The Labute approximate surface area is 162 Å². The van der Waals surface area contributed by atoms with E-state index in [-0.39, 0.29) is 18.3 Å². The van der Waals surface area contributed by atoms with Crippen LogP contribution in [0.25, 0.3) is 0 Å². The van der Waals surface area contributed by atoms with E-state index in [0.717, 1.165) is 5.69 Å². The number of nitrogens with zero attached hydrogens (tertiary/aromatic N) is 2. The van der Waals surface area contributed by atoms with E-state index in [0.29, 0.717) is 49.2 Å². The topological polar surface area (TPSA) is 42.0 Å². The maximum absolute atomic E-state index is 14.3. The fourth-order valence-electron chi connectivity index (χ4n) is 3.45. The van der Waals surface area contributed by atoms with Crippen molar-refractivity contribution in [3.05, 3.63) is 58.9 Å². The smallest absolute Gasteiger partial charge is 0.265 e. The molecule has 0 aromatic heterocycles. The molecule has 0 spiro atoms. The van der Waals surface area contributed by atoms with Gasteiger partial charge in [-0.25, -0.2) is 4.39 Å². The average molecular weight is 391 g/mol. The molecule has 0 unspecified atom stereocenters. The third kappa shape index (κ3) is 3.73. The highest BCUT2D eigenvalue weighted by atomic mass is 35.5. The zero-order valence-electron chi connectivity index (χ0n) is 14.7. The molecular formula is C20H20ClFN2O3. The summed E-state index contributed by atoms with van der Waals surface area (Å²) in [5.41, 5.74) is 1.23. The molecule has 1 amide bonds. The Kier molecular flexibility index (Phi) is 5.18. The van der Waals surface area contributed by atoms with E-state index in [2.05, 4.69) is 0 Å². The molecule has 0 bridgehead atoms. The van der Waals surface area contributed by atoms with Crippen LogP contribution in [-0.2, 0) is 16.1 Å². The molecular weight excluding hydrogens is 371 g/mol. The first-order valence-electron chi connectivity index (χ1n) is 8.93. The molecule has 5 nitrogen and oxygen atoms in total. The molecule has 2 aliphatic heterocycles. The van der Waals surface area contributed by atoms with Gasteiger partial charge in [0.05, 0.1) is 25.4 Å². The van der Waals surface area contributed by atoms with Gasteiger partial charge in [-0.2, -0.15) is 0 Å². The van der Waals surface area contributed by atoms with Gasteiger partial charge in [0.2, 0.25) is 0 Å². The van der Waals surface area contributed by atoms with Gasteiger partial charge in [-0.05, 0) is 24.3 Å². The Morgan fingerprint density at radius 3 is 2.70 bits per heavy atom. The lowest BCUT2D eigenvalue weighted by atomic mass is 10.1. The lowest BCUT2D eigenvalue weighted by Crippen LogP contribution is -2.52. The number of hydrogen-bond acceptors (Lipinski definition) is 4. The second-order valence-corrected chi connectivity index (χ2v) is 7.00. The fourth-order valence-corrected chi connectivity index (χ4v) is 3.67. The highest BCUT2D eigenvalue weighted by Crippen LogP contribution is 2.35. The van der Waals surface area contributed by atoms with Crippen LogP contribution in [0.4, 0.5) is 10.1 Å². The van der Waals surface area contributed by atoms with Crippen molar-refractivity contribution in [3.63, 3.8) is 0 Å². The predicted molar refractivity (Wildman–Crippen MR) is 101 cm³/mol. The SMILES string of the molecule is O=C([C@H]1CN(Cc2c(F)cccc2Cl)c2ccccc2O1)N1CCOCC1. The number of carbonyl (C=O) groups excluding carboxylic acids is 1. The lowest BCUT2D eigenvalue weighted by Gasteiger charge is -2.38. The Hall–Kier alpha value is -2.31. The number of halogens is 2. The number of amides is 1. The van der Waals surface area contributed by atoms with Crippen LogP contribution in [0, 0.1) is 5.82 Å². The van der Waals surface area contributed by atoms with Gasteiger partial charge in [0.25, 0.3) is 5.91 Å². The average Bonchev–Trinajstić information content (AvgIpc) is 2.70. The largest absolute Gasteiger partial charge is 0.477 e. The first kappa shape index (κ1) is 18.1. The molecule has 0 aliphatic carbocycles. The third-order valence-corrected chi connectivity index (χ3v) is 5.22. The van der Waals surface area contributed by atoms with Gasteiger partial charge >= 0.3 is 0 Å². The molecule has 2 aliphatic rings. The summed E-state index contributed by atoms with van der Waals surface area (Å²) in [6, 6.07) is 12.1. The Morgan fingerprint density at radius 2 is 1.93 bits per heavy atom. The second kappa shape index (κ2) is 7.74. The number of hydrogen-bond donors (Lipinski definition) is 0. The lowest BCUT2D eigenvalue weighted by molar-refractivity contribution is -0.142. The van der Waals surface area contributed by atoms with Crippen molar-refractivity contribution in [2.45, 2.75) is 12.6 Å². The minimum atomic E-state index is -0.649. The summed E-state index contributed by atoms with van der Waals surface area (Å²) in [7, 11) is 0. The van der Waals surface area contributed by atoms with Gasteiger partial charge in [0.1, 0.15) is 11.6 Å². The highest BCUT2D eigenvalue weighted by molar-refractivity contribution is 6.31. The molecule has 1 fully saturated rings. The molecule has 7 heteroatoms. The zero-order valence-corrected chi connectivity index (χ0v) is 15.5. The fraction of sp³-hybridized carbons (Fsp3) is 0.350. The van der Waals surface area contributed by atoms with Crippen LogP contribution in [0.15, 0.2) is 42.5 Å². The van der Waals surface area contributed by atoms with E-state index in [1.54, 1.807) is 17.0 Å². The van der Waals surface area contributed by atoms with Gasteiger partial charge in [0, 0.05) is 30.2 Å². The quantitative estimate of drug-likeness (QED) is 0.807. The molecule has 2 aromatic carbocycles. The Morgan fingerprint density at radius 1 is 1.15 bits per heavy atom. The molecule has 1 saturated heterocycles. The summed E-state index contributed by atoms with van der Waals surface area (Å²) >= 11 is 6.21. The van der Waals surface area contributed by atoms with Crippen molar-refractivity contribution in [2.75, 3.05) is 37.7 Å². The van der Waals surface area contributed by atoms with Crippen LogP contribution in [0.3, 0.4) is 0 Å². The molecule has 0 N–H and O–H groups in total. The maximum atomic E-state index is 14.3. The van der Waals surface area contributed by atoms with Crippen LogP contribution >= 0.6 is 11.6 Å². The van der Waals surface area contributed by atoms with Crippen molar-refractivity contribution < 1.29 is 18.7 Å². The van der Waals surface area contributed by atoms with Crippen molar-refractivity contribution in [1.29, 1.82) is 0 Å². The molecule has 27 heavy (non-hydrogen) atoms. The number of benzene rings is 2. The summed E-state index contributed by atoms with van der Waals surface area (Å²) in [5.74, 6) is 0.183. The molecule has 4 rings (SSSR count). The Balaban J connectivity index is 1.61. The van der Waals surface area contributed by atoms with Gasteiger partial charge in [-0.15, -0.1) is 0 Å². The number of anilines is 1. The van der Waals surface area contributed by atoms with Crippen LogP contribution < -0.4 is 9.64 Å². The molecule has 1 atom stereocenters. The number of fused-ring (bicyclic) bond motifs is 1. The molecule has 2 heterocycles. The first-order valence-corrected chi connectivity index (χ1v) is 9.31. The molecule has 142 valence electrons. The summed E-state index contributed by atoms with van der Waals surface area (Å²) in [6.07, 6.45) is -0.649. The van der Waals surface area contributed by atoms with Crippen molar-refractivity contribution >= 4 is 23.2 Å². The van der Waals surface area contributed by atoms with E-state index in [1.807, 2.05) is 29.2 Å². The number of carbonyl (C=O) groups is 1. The van der Waals surface area contributed by atoms with Crippen LogP contribution in [0.5, 0.6) is 5.75 Å². The van der Waals surface area contributed by atoms with E-state index >= 15 is 0 Å². The maximum Gasteiger partial charge on any atom is 0.265 e. The summed E-state index contributed by atoms with van der Waals surface area (Å²) < 4.78 is 25.6. The van der Waals surface area contributed by atoms with Crippen LogP contribution in [-0.4, -0.2) is 49.8 Å². The van der Waals surface area contributed by atoms with Gasteiger partial charge < -0.3 is 19.3 Å². The molecule has 0 radical (unpaired) electrons. The van der Waals surface area contributed by atoms with Crippen molar-refractivity contribution in [1.82, 2.24) is 4.90 Å². The third-order valence-electron chi connectivity index (χ3n) is 4.87. The zero-order chi connectivity index (χ0) is 18.8. The van der Waals surface area contributed by atoms with E-state index in [4.69, 9.17) is 21.1 Å². The first-order chi connectivity index (χ1) is 13.1. The molecule has 0 saturated carbocycles. The predicted octanol–water partition coefficient (Wildman–Crippen LogP) is 3.11. The van der Waals surface area contributed by atoms with Gasteiger partial charge in [-0.1, -0.05) is 29.8 Å². The number of ether oxygens (including phenoxy) is 2. The summed E-state index contributed by atoms with van der Waals surface area (Å²) in [6.45, 7) is 2.77. The monoisotopic (exact) mass is 390 g/mol. The van der Waals surface area contributed by atoms with E-state index in [1.165, 1.54) is 6.07 Å². The van der Waals surface area contributed by atoms with Crippen LogP contribution in [0.2, 0.25) is 5.02 Å². The number of para-hydroxylation sites is 2. The summed E-state index contributed by atoms with van der Waals surface area (Å²) in [4.78, 5) is 16.6. The second-order valence-electron chi connectivity index (χ2n) is 6.59. The number of rotatable bonds is 3. The summed E-state index contributed by atoms with van der Waals surface area (Å²) in [5, 5.41) is 0.370. The minimum absolute atomic E-state index is 0.0718. The number of morpholine rings is 1. The standard InChI is InChI=1S/C20H20ClFN2O3/c21-15-4-3-5-16(22)14(15)12-24-13-19(20(25)23-8-10-26-11-9-23)27-18-7-2-1-6-17(18)24/h1-7,19H,8-13H2/t19-/m1/s1. The van der Waals surface area contributed by atoms with Crippen molar-refractivity contribution in [2.24, 2.45) is 0 Å².